The molecular weight excluding hydrogens is 362 g/mol. The van der Waals surface area contributed by atoms with Gasteiger partial charge in [-0.25, -0.2) is 4.98 Å². The Morgan fingerprint density at radius 2 is 1.94 bits per heavy atom. The summed E-state index contributed by atoms with van der Waals surface area (Å²) in [5.41, 5.74) is 1.49. The maximum Gasteiger partial charge on any atom is 0.265 e. The van der Waals surface area contributed by atoms with Crippen LogP contribution in [0.1, 0.15) is 5.56 Å². The number of halogens is 2. The maximum absolute atomic E-state index is 12.4. The first-order chi connectivity index (χ1) is 8.62. The van der Waals surface area contributed by atoms with Gasteiger partial charge in [-0.1, -0.05) is 37.9 Å². The number of carbonyl (C=O) groups is 1. The lowest BCUT2D eigenvalue weighted by atomic mass is 10.2. The second-order valence-electron chi connectivity index (χ2n) is 3.80. The van der Waals surface area contributed by atoms with E-state index in [1.807, 2.05) is 12.1 Å². The van der Waals surface area contributed by atoms with Crippen molar-refractivity contribution in [1.29, 1.82) is 0 Å². The molecule has 0 spiro atoms. The van der Waals surface area contributed by atoms with Crippen molar-refractivity contribution in [2.45, 2.75) is 3.23 Å². The van der Waals surface area contributed by atoms with E-state index in [1.165, 1.54) is 0 Å². The first kappa shape index (κ1) is 11.8. The summed E-state index contributed by atoms with van der Waals surface area (Å²) in [7, 11) is 0. The topological polar surface area (TPSA) is 46.1 Å². The molecule has 2 aromatic heterocycles. The number of hydrogen-bond donors (Lipinski definition) is 0. The van der Waals surface area contributed by atoms with E-state index in [1.54, 1.807) is 35.6 Å². The van der Waals surface area contributed by atoms with E-state index in [0.29, 0.717) is 11.5 Å². The molecule has 4 nitrogen and oxygen atoms in total. The fourth-order valence-electron chi connectivity index (χ4n) is 1.90. The van der Waals surface area contributed by atoms with Crippen molar-refractivity contribution < 1.29 is 4.79 Å². The van der Waals surface area contributed by atoms with Crippen LogP contribution in [0.15, 0.2) is 42.9 Å². The van der Waals surface area contributed by atoms with Crippen molar-refractivity contribution in [2.24, 2.45) is 0 Å². The highest BCUT2D eigenvalue weighted by atomic mass is 79.9. The minimum absolute atomic E-state index is 0.135. The molecule has 0 unspecified atom stereocenters. The van der Waals surface area contributed by atoms with Crippen LogP contribution < -0.4 is 4.90 Å². The second-order valence-corrected chi connectivity index (χ2v) is 7.24. The molecule has 18 heavy (non-hydrogen) atoms. The number of alkyl halides is 2. The van der Waals surface area contributed by atoms with Crippen LogP contribution in [0.3, 0.4) is 0 Å². The molecule has 0 aliphatic carbocycles. The summed E-state index contributed by atoms with van der Waals surface area (Å²) in [6, 6.07) is 7.27. The number of anilines is 2. The van der Waals surface area contributed by atoms with Gasteiger partial charge in [-0.3, -0.25) is 14.7 Å². The average Bonchev–Trinajstić information content (AvgIpc) is 2.60. The van der Waals surface area contributed by atoms with Crippen LogP contribution in [0.25, 0.3) is 0 Å². The van der Waals surface area contributed by atoms with E-state index in [4.69, 9.17) is 0 Å². The smallest absolute Gasteiger partial charge is 0.265 e. The average molecular weight is 369 g/mol. The van der Waals surface area contributed by atoms with Gasteiger partial charge in [0, 0.05) is 18.0 Å². The summed E-state index contributed by atoms with van der Waals surface area (Å²) in [4.78, 5) is 22.3. The summed E-state index contributed by atoms with van der Waals surface area (Å²) in [5.74, 6) is 0.480. The lowest BCUT2D eigenvalue weighted by molar-refractivity contribution is -0.117. The molecule has 90 valence electrons. The molecule has 0 saturated heterocycles. The third kappa shape index (κ3) is 1.59. The van der Waals surface area contributed by atoms with Gasteiger partial charge in [-0.2, -0.15) is 0 Å². The van der Waals surface area contributed by atoms with Gasteiger partial charge in [-0.05, 0) is 18.2 Å². The van der Waals surface area contributed by atoms with Gasteiger partial charge < -0.3 is 0 Å². The number of rotatable bonds is 1. The van der Waals surface area contributed by atoms with E-state index < -0.39 is 3.23 Å². The molecule has 0 atom stereocenters. The number of hydrogen-bond acceptors (Lipinski definition) is 3. The van der Waals surface area contributed by atoms with E-state index >= 15 is 0 Å². The van der Waals surface area contributed by atoms with Gasteiger partial charge in [0.2, 0.25) is 0 Å². The molecule has 3 rings (SSSR count). The fraction of sp³-hybridized carbons (Fsp3) is 0.0833. The largest absolute Gasteiger partial charge is 0.271 e. The molecule has 1 aliphatic rings. The Morgan fingerprint density at radius 1 is 1.17 bits per heavy atom. The second kappa shape index (κ2) is 4.13. The number of nitrogens with zero attached hydrogens (tertiary/aromatic N) is 3. The number of aromatic nitrogens is 2. The predicted molar refractivity (Wildman–Crippen MR) is 75.2 cm³/mol. The molecule has 0 aromatic carbocycles. The molecule has 1 aliphatic heterocycles. The molecule has 6 heteroatoms. The Kier molecular flexibility index (Phi) is 2.71. The van der Waals surface area contributed by atoms with Gasteiger partial charge in [0.25, 0.3) is 5.91 Å². The number of fused-ring (bicyclic) bond motifs is 1. The van der Waals surface area contributed by atoms with Crippen molar-refractivity contribution in [2.75, 3.05) is 4.90 Å². The molecule has 0 saturated carbocycles. The Bertz CT molecular complexity index is 616. The van der Waals surface area contributed by atoms with Crippen molar-refractivity contribution >= 4 is 49.3 Å². The summed E-state index contributed by atoms with van der Waals surface area (Å²) < 4.78 is -0.917. The lowest BCUT2D eigenvalue weighted by Gasteiger charge is -2.17. The zero-order chi connectivity index (χ0) is 12.8. The Balaban J connectivity index is 2.21. The molecule has 0 radical (unpaired) electrons. The molecule has 0 N–H and O–H groups in total. The van der Waals surface area contributed by atoms with Crippen molar-refractivity contribution in [1.82, 2.24) is 9.97 Å². The quantitative estimate of drug-likeness (QED) is 0.726. The van der Waals surface area contributed by atoms with E-state index in [0.717, 1.165) is 5.56 Å². The molecular formula is C12H7Br2N3O. The minimum atomic E-state index is -0.917. The van der Waals surface area contributed by atoms with Crippen LogP contribution in [-0.4, -0.2) is 15.9 Å². The zero-order valence-electron chi connectivity index (χ0n) is 9.05. The SMILES string of the molecule is O=C1N(c2cccnc2)c2ncccc2C1(Br)Br. The van der Waals surface area contributed by atoms with Crippen LogP contribution in [-0.2, 0) is 8.03 Å². The number of carbonyl (C=O) groups excluding carboxylic acids is 1. The summed E-state index contributed by atoms with van der Waals surface area (Å²) >= 11 is 6.82. The highest BCUT2D eigenvalue weighted by molar-refractivity contribution is 9.25. The molecule has 1 amide bonds. The Labute approximate surface area is 120 Å². The maximum atomic E-state index is 12.4. The van der Waals surface area contributed by atoms with Crippen LogP contribution in [0.4, 0.5) is 11.5 Å². The van der Waals surface area contributed by atoms with Crippen LogP contribution in [0, 0.1) is 0 Å². The highest BCUT2D eigenvalue weighted by Gasteiger charge is 2.49. The van der Waals surface area contributed by atoms with E-state index in [2.05, 4.69) is 41.8 Å². The van der Waals surface area contributed by atoms with Gasteiger partial charge in [0.15, 0.2) is 3.23 Å². The van der Waals surface area contributed by atoms with E-state index in [9.17, 15) is 4.79 Å². The van der Waals surface area contributed by atoms with Crippen molar-refractivity contribution in [3.8, 4) is 0 Å². The molecule has 3 heterocycles. The fourth-order valence-corrected chi connectivity index (χ4v) is 2.87. The first-order valence-electron chi connectivity index (χ1n) is 5.20. The number of amides is 1. The van der Waals surface area contributed by atoms with Gasteiger partial charge in [0.05, 0.1) is 11.9 Å². The van der Waals surface area contributed by atoms with Gasteiger partial charge in [0.1, 0.15) is 5.82 Å². The molecule has 2 aromatic rings. The zero-order valence-corrected chi connectivity index (χ0v) is 12.2. The van der Waals surface area contributed by atoms with Crippen molar-refractivity contribution in [3.05, 3.63) is 48.4 Å². The lowest BCUT2D eigenvalue weighted by Crippen LogP contribution is -2.29. The van der Waals surface area contributed by atoms with Crippen LogP contribution in [0.5, 0.6) is 0 Å². The molecule has 0 fully saturated rings. The predicted octanol–water partition coefficient (Wildman–Crippen LogP) is 3.10. The standard InChI is InChI=1S/C12H7Br2N3O/c13-12(14)9-4-2-6-16-10(9)17(11(12)18)8-3-1-5-15-7-8/h1-7H. The minimum Gasteiger partial charge on any atom is -0.271 e. The monoisotopic (exact) mass is 367 g/mol. The third-order valence-electron chi connectivity index (χ3n) is 2.71. The van der Waals surface area contributed by atoms with Crippen molar-refractivity contribution in [3.63, 3.8) is 0 Å². The van der Waals surface area contributed by atoms with Crippen LogP contribution in [0.2, 0.25) is 0 Å². The first-order valence-corrected chi connectivity index (χ1v) is 6.79. The summed E-state index contributed by atoms with van der Waals surface area (Å²) in [6.45, 7) is 0. The Hall–Kier alpha value is -1.27. The highest BCUT2D eigenvalue weighted by Crippen LogP contribution is 2.51. The van der Waals surface area contributed by atoms with Crippen LogP contribution >= 0.6 is 31.9 Å². The molecule has 0 bridgehead atoms. The van der Waals surface area contributed by atoms with Gasteiger partial charge in [-0.15, -0.1) is 0 Å². The number of pyridine rings is 2. The van der Waals surface area contributed by atoms with E-state index in [-0.39, 0.29) is 5.91 Å². The third-order valence-corrected chi connectivity index (χ3v) is 4.25. The summed E-state index contributed by atoms with van der Waals surface area (Å²) in [5, 5.41) is 0. The Morgan fingerprint density at radius 3 is 2.67 bits per heavy atom. The summed E-state index contributed by atoms with van der Waals surface area (Å²) in [6.07, 6.45) is 4.97. The normalized spacial score (nSPS) is 16.8. The van der Waals surface area contributed by atoms with Gasteiger partial charge >= 0.3 is 0 Å².